The van der Waals surface area contributed by atoms with Gasteiger partial charge in [0.25, 0.3) is 5.91 Å². The van der Waals surface area contributed by atoms with Crippen molar-refractivity contribution in [3.8, 4) is 5.69 Å². The molecule has 1 aliphatic carbocycles. The van der Waals surface area contributed by atoms with E-state index >= 15 is 0 Å². The number of carbonyl (C=O) groups is 2. The van der Waals surface area contributed by atoms with Gasteiger partial charge in [-0.05, 0) is 61.4 Å². The molecule has 2 amide bonds. The third kappa shape index (κ3) is 3.32. The van der Waals surface area contributed by atoms with Crippen molar-refractivity contribution in [3.63, 3.8) is 0 Å². The SMILES string of the molecule is O=C(c1ccccc1F)N(CC(=O)N1c2ccccc2-n2cccc2C1c1ccco1)C1CC1. The molecule has 6 nitrogen and oxygen atoms in total. The molecule has 0 spiro atoms. The fraction of sp³-hybridized carbons (Fsp3) is 0.185. The Morgan fingerprint density at radius 2 is 1.71 bits per heavy atom. The molecule has 3 heterocycles. The van der Waals surface area contributed by atoms with Crippen LogP contribution in [-0.4, -0.2) is 33.9 Å². The summed E-state index contributed by atoms with van der Waals surface area (Å²) >= 11 is 0. The molecule has 0 bridgehead atoms. The van der Waals surface area contributed by atoms with Gasteiger partial charge in [0.05, 0.1) is 28.9 Å². The van der Waals surface area contributed by atoms with E-state index in [1.54, 1.807) is 29.4 Å². The Bertz CT molecular complexity index is 1370. The maximum atomic E-state index is 14.4. The van der Waals surface area contributed by atoms with Crippen molar-refractivity contribution >= 4 is 17.5 Å². The molecule has 7 heteroatoms. The molecule has 1 saturated carbocycles. The Balaban J connectivity index is 1.40. The van der Waals surface area contributed by atoms with Crippen LogP contribution in [0.5, 0.6) is 0 Å². The van der Waals surface area contributed by atoms with Crippen LogP contribution in [0.1, 0.15) is 40.7 Å². The number of para-hydroxylation sites is 2. The van der Waals surface area contributed by atoms with Gasteiger partial charge in [-0.25, -0.2) is 4.39 Å². The Hall–Kier alpha value is -4.13. The third-order valence-corrected chi connectivity index (χ3v) is 6.46. The molecule has 2 aromatic carbocycles. The minimum absolute atomic E-state index is 0.0160. The predicted molar refractivity (Wildman–Crippen MR) is 124 cm³/mol. The largest absolute Gasteiger partial charge is 0.467 e. The van der Waals surface area contributed by atoms with E-state index in [1.165, 1.54) is 17.0 Å². The molecular weight excluding hydrogens is 433 g/mol. The molecule has 0 radical (unpaired) electrons. The molecule has 2 aromatic heterocycles. The number of benzene rings is 2. The van der Waals surface area contributed by atoms with Crippen molar-refractivity contribution in [1.82, 2.24) is 9.47 Å². The van der Waals surface area contributed by atoms with Crippen molar-refractivity contribution in [1.29, 1.82) is 0 Å². The number of aromatic nitrogens is 1. The van der Waals surface area contributed by atoms with Gasteiger partial charge in [0.1, 0.15) is 24.2 Å². The summed E-state index contributed by atoms with van der Waals surface area (Å²) in [6.45, 7) is -0.149. The first-order valence-corrected chi connectivity index (χ1v) is 11.3. The second-order valence-corrected chi connectivity index (χ2v) is 8.62. The van der Waals surface area contributed by atoms with Gasteiger partial charge < -0.3 is 13.9 Å². The highest BCUT2D eigenvalue weighted by Gasteiger charge is 2.41. The highest BCUT2D eigenvalue weighted by atomic mass is 19.1. The number of hydrogen-bond acceptors (Lipinski definition) is 3. The number of carbonyl (C=O) groups excluding carboxylic acids is 2. The van der Waals surface area contributed by atoms with E-state index in [0.29, 0.717) is 5.76 Å². The van der Waals surface area contributed by atoms with Crippen LogP contribution < -0.4 is 4.90 Å². The Morgan fingerprint density at radius 1 is 0.941 bits per heavy atom. The summed E-state index contributed by atoms with van der Waals surface area (Å²) in [6.07, 6.45) is 5.15. The molecule has 6 rings (SSSR count). The number of hydrogen-bond donors (Lipinski definition) is 0. The zero-order chi connectivity index (χ0) is 23.2. The van der Waals surface area contributed by atoms with Gasteiger partial charge in [0, 0.05) is 12.2 Å². The zero-order valence-electron chi connectivity index (χ0n) is 18.3. The van der Waals surface area contributed by atoms with E-state index in [-0.39, 0.29) is 24.1 Å². The lowest BCUT2D eigenvalue weighted by molar-refractivity contribution is -0.120. The van der Waals surface area contributed by atoms with E-state index in [2.05, 4.69) is 4.57 Å². The van der Waals surface area contributed by atoms with Crippen molar-refractivity contribution in [2.24, 2.45) is 0 Å². The number of halogens is 1. The molecule has 2 aliphatic rings. The van der Waals surface area contributed by atoms with Crippen LogP contribution in [0.25, 0.3) is 5.69 Å². The predicted octanol–water partition coefficient (Wildman–Crippen LogP) is 4.95. The average Bonchev–Trinajstić information content (AvgIpc) is 3.32. The quantitative estimate of drug-likeness (QED) is 0.428. The maximum Gasteiger partial charge on any atom is 0.257 e. The van der Waals surface area contributed by atoms with Crippen LogP contribution in [0.4, 0.5) is 10.1 Å². The lowest BCUT2D eigenvalue weighted by atomic mass is 10.0. The van der Waals surface area contributed by atoms with Crippen LogP contribution >= 0.6 is 0 Å². The molecule has 170 valence electrons. The summed E-state index contributed by atoms with van der Waals surface area (Å²) in [4.78, 5) is 30.4. The maximum absolute atomic E-state index is 14.4. The molecule has 1 atom stereocenters. The van der Waals surface area contributed by atoms with Gasteiger partial charge in [-0.2, -0.15) is 0 Å². The Kier molecular flexibility index (Phi) is 4.83. The fourth-order valence-corrected chi connectivity index (χ4v) is 4.74. The summed E-state index contributed by atoms with van der Waals surface area (Å²) in [7, 11) is 0. The molecular formula is C27H22FN3O3. The lowest BCUT2D eigenvalue weighted by Gasteiger charge is -2.38. The van der Waals surface area contributed by atoms with Gasteiger partial charge in [-0.1, -0.05) is 24.3 Å². The van der Waals surface area contributed by atoms with Gasteiger partial charge >= 0.3 is 0 Å². The Morgan fingerprint density at radius 3 is 2.44 bits per heavy atom. The number of anilines is 1. The summed E-state index contributed by atoms with van der Waals surface area (Å²) in [5, 5.41) is 0. The van der Waals surface area contributed by atoms with Crippen LogP contribution in [0.2, 0.25) is 0 Å². The van der Waals surface area contributed by atoms with Crippen molar-refractivity contribution in [2.45, 2.75) is 24.9 Å². The number of amides is 2. The molecule has 34 heavy (non-hydrogen) atoms. The van der Waals surface area contributed by atoms with Crippen LogP contribution in [-0.2, 0) is 4.79 Å². The minimum Gasteiger partial charge on any atom is -0.467 e. The van der Waals surface area contributed by atoms with E-state index in [0.717, 1.165) is 29.9 Å². The summed E-state index contributed by atoms with van der Waals surface area (Å²) in [5.41, 5.74) is 2.47. The van der Waals surface area contributed by atoms with E-state index < -0.39 is 17.8 Å². The van der Waals surface area contributed by atoms with E-state index in [1.807, 2.05) is 48.7 Å². The van der Waals surface area contributed by atoms with Gasteiger partial charge in [0.15, 0.2) is 0 Å². The standard InChI is InChI=1S/C27H22FN3O3/c28-20-8-2-1-7-19(20)27(33)30(18-13-14-18)17-25(32)31-22-10-4-3-9-21(22)29-15-5-11-23(29)26(31)24-12-6-16-34-24/h1-12,15-16,18,26H,13-14,17H2. The molecule has 1 unspecified atom stereocenters. The van der Waals surface area contributed by atoms with Crippen LogP contribution in [0.15, 0.2) is 89.7 Å². The zero-order valence-corrected chi connectivity index (χ0v) is 18.3. The molecule has 1 aliphatic heterocycles. The Labute approximate surface area is 195 Å². The number of nitrogens with zero attached hydrogens (tertiary/aromatic N) is 3. The highest BCUT2D eigenvalue weighted by Crippen LogP contribution is 2.42. The fourth-order valence-electron chi connectivity index (χ4n) is 4.74. The lowest BCUT2D eigenvalue weighted by Crippen LogP contribution is -2.47. The third-order valence-electron chi connectivity index (χ3n) is 6.46. The number of fused-ring (bicyclic) bond motifs is 3. The summed E-state index contributed by atoms with van der Waals surface area (Å²) in [5.74, 6) is -0.670. The smallest absolute Gasteiger partial charge is 0.257 e. The molecule has 1 fully saturated rings. The first-order valence-electron chi connectivity index (χ1n) is 11.3. The second kappa shape index (κ2) is 8.02. The van der Waals surface area contributed by atoms with E-state index in [4.69, 9.17) is 4.42 Å². The first-order chi connectivity index (χ1) is 16.6. The minimum atomic E-state index is -0.583. The summed E-state index contributed by atoms with van der Waals surface area (Å²) < 4.78 is 22.2. The number of furan rings is 1. The van der Waals surface area contributed by atoms with Crippen LogP contribution in [0.3, 0.4) is 0 Å². The van der Waals surface area contributed by atoms with Crippen molar-refractivity contribution < 1.29 is 18.4 Å². The molecule has 0 saturated heterocycles. The summed E-state index contributed by atoms with van der Waals surface area (Å²) in [6, 6.07) is 20.6. The van der Waals surface area contributed by atoms with Crippen molar-refractivity contribution in [2.75, 3.05) is 11.4 Å². The topological polar surface area (TPSA) is 58.7 Å². The van der Waals surface area contributed by atoms with Gasteiger partial charge in [0.2, 0.25) is 5.91 Å². The molecule has 0 N–H and O–H groups in total. The van der Waals surface area contributed by atoms with E-state index in [9.17, 15) is 14.0 Å². The van der Waals surface area contributed by atoms with Gasteiger partial charge in [-0.15, -0.1) is 0 Å². The normalized spacial score (nSPS) is 16.6. The van der Waals surface area contributed by atoms with Gasteiger partial charge in [-0.3, -0.25) is 14.5 Å². The first kappa shape index (κ1) is 20.5. The highest BCUT2D eigenvalue weighted by molar-refractivity contribution is 6.02. The number of rotatable bonds is 5. The van der Waals surface area contributed by atoms with Crippen molar-refractivity contribution in [3.05, 3.63) is 108 Å². The average molecular weight is 455 g/mol. The van der Waals surface area contributed by atoms with Crippen LogP contribution in [0, 0.1) is 5.82 Å². The monoisotopic (exact) mass is 455 g/mol. The molecule has 4 aromatic rings. The second-order valence-electron chi connectivity index (χ2n) is 8.62.